The van der Waals surface area contributed by atoms with Crippen molar-refractivity contribution >= 4 is 11.6 Å². The molecule has 0 spiro atoms. The maximum absolute atomic E-state index is 4.49. The molecule has 2 heterocycles. The Bertz CT molecular complexity index is 554. The molecule has 4 heteroatoms. The number of aliphatic imine (C=N–C) groups is 1. The molecule has 132 valence electrons. The van der Waals surface area contributed by atoms with Crippen molar-refractivity contribution in [1.82, 2.24) is 10.2 Å². The van der Waals surface area contributed by atoms with Gasteiger partial charge in [0.2, 0.25) is 0 Å². The highest BCUT2D eigenvalue weighted by Crippen LogP contribution is 2.27. The van der Waals surface area contributed by atoms with Crippen molar-refractivity contribution in [3.05, 3.63) is 29.8 Å². The van der Waals surface area contributed by atoms with Crippen molar-refractivity contribution in [3.8, 4) is 0 Å². The summed E-state index contributed by atoms with van der Waals surface area (Å²) in [6, 6.07) is 9.44. The number of guanidine groups is 1. The fraction of sp³-hybridized carbons (Fsp3) is 0.650. The third-order valence-corrected chi connectivity index (χ3v) is 5.45. The smallest absolute Gasteiger partial charge is 0.198 e. The van der Waals surface area contributed by atoms with Gasteiger partial charge in [-0.3, -0.25) is 4.99 Å². The molecule has 1 aromatic carbocycles. The maximum Gasteiger partial charge on any atom is 0.198 e. The van der Waals surface area contributed by atoms with Crippen LogP contribution in [0.15, 0.2) is 29.3 Å². The number of anilines is 1. The fourth-order valence-corrected chi connectivity index (χ4v) is 3.98. The Balaban J connectivity index is 1.41. The summed E-state index contributed by atoms with van der Waals surface area (Å²) in [5.74, 6) is 1.02. The SMILES string of the molecule is CN=C(NCCCCN1CCCCC1C)N1CCc2ccccc21. The van der Waals surface area contributed by atoms with E-state index < -0.39 is 0 Å². The van der Waals surface area contributed by atoms with Crippen LogP contribution in [0.2, 0.25) is 0 Å². The molecule has 1 atom stereocenters. The Morgan fingerprint density at radius 1 is 1.21 bits per heavy atom. The van der Waals surface area contributed by atoms with E-state index in [2.05, 4.69) is 51.3 Å². The highest BCUT2D eigenvalue weighted by atomic mass is 15.3. The molecule has 1 unspecified atom stereocenters. The summed E-state index contributed by atoms with van der Waals surface area (Å²) in [7, 11) is 1.89. The second-order valence-electron chi connectivity index (χ2n) is 7.09. The average molecular weight is 329 g/mol. The van der Waals surface area contributed by atoms with Crippen LogP contribution in [-0.2, 0) is 6.42 Å². The number of para-hydroxylation sites is 1. The number of piperidine rings is 1. The molecule has 4 nitrogen and oxygen atoms in total. The zero-order chi connectivity index (χ0) is 16.8. The molecule has 1 fully saturated rings. The number of rotatable bonds is 5. The summed E-state index contributed by atoms with van der Waals surface area (Å²) in [5.41, 5.74) is 2.74. The zero-order valence-electron chi connectivity index (χ0n) is 15.3. The normalized spacial score (nSPS) is 21.8. The Kier molecular flexibility index (Phi) is 6.13. The second kappa shape index (κ2) is 8.52. The van der Waals surface area contributed by atoms with Crippen molar-refractivity contribution in [2.75, 3.05) is 38.1 Å². The van der Waals surface area contributed by atoms with Crippen LogP contribution in [0.1, 0.15) is 44.6 Å². The lowest BCUT2D eigenvalue weighted by molar-refractivity contribution is 0.158. The molecule has 0 amide bonds. The first-order valence-electron chi connectivity index (χ1n) is 9.59. The molecule has 24 heavy (non-hydrogen) atoms. The highest BCUT2D eigenvalue weighted by molar-refractivity contribution is 5.97. The Hall–Kier alpha value is -1.55. The van der Waals surface area contributed by atoms with Crippen LogP contribution in [0.25, 0.3) is 0 Å². The number of unbranched alkanes of at least 4 members (excludes halogenated alkanes) is 1. The van der Waals surface area contributed by atoms with Gasteiger partial charge in [-0.2, -0.15) is 0 Å². The lowest BCUT2D eigenvalue weighted by Crippen LogP contribution is -2.41. The van der Waals surface area contributed by atoms with Crippen LogP contribution >= 0.6 is 0 Å². The Morgan fingerprint density at radius 2 is 2.08 bits per heavy atom. The number of benzene rings is 1. The van der Waals surface area contributed by atoms with Crippen LogP contribution in [0.4, 0.5) is 5.69 Å². The maximum atomic E-state index is 4.49. The van der Waals surface area contributed by atoms with Crippen LogP contribution in [-0.4, -0.2) is 50.1 Å². The van der Waals surface area contributed by atoms with E-state index in [1.54, 1.807) is 0 Å². The molecular formula is C20H32N4. The summed E-state index contributed by atoms with van der Waals surface area (Å²) in [5, 5.41) is 3.56. The molecule has 1 aromatic rings. The van der Waals surface area contributed by atoms with Crippen molar-refractivity contribution in [2.24, 2.45) is 4.99 Å². The van der Waals surface area contributed by atoms with Gasteiger partial charge in [-0.25, -0.2) is 0 Å². The lowest BCUT2D eigenvalue weighted by Gasteiger charge is -2.33. The number of likely N-dealkylation sites (tertiary alicyclic amines) is 1. The van der Waals surface area contributed by atoms with Crippen LogP contribution in [0, 0.1) is 0 Å². The summed E-state index contributed by atoms with van der Waals surface area (Å²) in [6.45, 7) is 6.96. The van der Waals surface area contributed by atoms with Gasteiger partial charge in [-0.05, 0) is 63.7 Å². The van der Waals surface area contributed by atoms with Gasteiger partial charge in [0.1, 0.15) is 0 Å². The second-order valence-corrected chi connectivity index (χ2v) is 7.09. The van der Waals surface area contributed by atoms with E-state index in [0.717, 1.165) is 31.5 Å². The van der Waals surface area contributed by atoms with E-state index in [-0.39, 0.29) is 0 Å². The Labute approximate surface area is 146 Å². The van der Waals surface area contributed by atoms with E-state index in [4.69, 9.17) is 0 Å². The van der Waals surface area contributed by atoms with Gasteiger partial charge in [0.05, 0.1) is 0 Å². The van der Waals surface area contributed by atoms with E-state index in [9.17, 15) is 0 Å². The average Bonchev–Trinajstić information content (AvgIpc) is 3.04. The minimum absolute atomic E-state index is 0.778. The van der Waals surface area contributed by atoms with Gasteiger partial charge in [0.25, 0.3) is 0 Å². The summed E-state index contributed by atoms with van der Waals surface area (Å²) < 4.78 is 0. The molecule has 2 aliphatic rings. The number of fused-ring (bicyclic) bond motifs is 1. The number of hydrogen-bond donors (Lipinski definition) is 1. The van der Waals surface area contributed by atoms with Crippen molar-refractivity contribution in [3.63, 3.8) is 0 Å². The largest absolute Gasteiger partial charge is 0.356 e. The first-order chi connectivity index (χ1) is 11.8. The molecule has 0 aliphatic carbocycles. The fourth-order valence-electron chi connectivity index (χ4n) is 3.98. The number of hydrogen-bond acceptors (Lipinski definition) is 2. The van der Waals surface area contributed by atoms with Gasteiger partial charge in [0, 0.05) is 31.9 Å². The summed E-state index contributed by atoms with van der Waals surface area (Å²) in [4.78, 5) is 9.47. The van der Waals surface area contributed by atoms with Crippen LogP contribution < -0.4 is 10.2 Å². The van der Waals surface area contributed by atoms with E-state index in [1.165, 1.54) is 56.4 Å². The van der Waals surface area contributed by atoms with Crippen molar-refractivity contribution < 1.29 is 0 Å². The van der Waals surface area contributed by atoms with E-state index in [1.807, 2.05) is 7.05 Å². The van der Waals surface area contributed by atoms with Crippen LogP contribution in [0.3, 0.4) is 0 Å². The molecule has 1 N–H and O–H groups in total. The number of nitrogens with zero attached hydrogens (tertiary/aromatic N) is 3. The van der Waals surface area contributed by atoms with Gasteiger partial charge in [0.15, 0.2) is 5.96 Å². The molecule has 3 rings (SSSR count). The van der Waals surface area contributed by atoms with Crippen LogP contribution in [0.5, 0.6) is 0 Å². The monoisotopic (exact) mass is 328 g/mol. The number of nitrogens with one attached hydrogen (secondary N) is 1. The molecule has 2 aliphatic heterocycles. The first-order valence-corrected chi connectivity index (χ1v) is 9.59. The molecule has 1 saturated heterocycles. The standard InChI is InChI=1S/C20H32N4/c1-17-9-5-7-14-23(17)15-8-6-13-22-20(21-2)24-16-12-18-10-3-4-11-19(18)24/h3-4,10-11,17H,5-9,12-16H2,1-2H3,(H,21,22). The minimum atomic E-state index is 0.778. The van der Waals surface area contributed by atoms with Gasteiger partial charge in [-0.15, -0.1) is 0 Å². The van der Waals surface area contributed by atoms with Crippen molar-refractivity contribution in [1.29, 1.82) is 0 Å². The van der Waals surface area contributed by atoms with Gasteiger partial charge in [-0.1, -0.05) is 24.6 Å². The quantitative estimate of drug-likeness (QED) is 0.511. The van der Waals surface area contributed by atoms with Crippen molar-refractivity contribution in [2.45, 2.75) is 51.5 Å². The molecule has 0 aromatic heterocycles. The first kappa shape index (κ1) is 17.3. The van der Waals surface area contributed by atoms with Gasteiger partial charge >= 0.3 is 0 Å². The lowest BCUT2D eigenvalue weighted by atomic mass is 10.0. The van der Waals surface area contributed by atoms with E-state index >= 15 is 0 Å². The molecule has 0 bridgehead atoms. The molecule has 0 radical (unpaired) electrons. The van der Waals surface area contributed by atoms with Gasteiger partial charge < -0.3 is 15.1 Å². The summed E-state index contributed by atoms with van der Waals surface area (Å²) >= 11 is 0. The highest BCUT2D eigenvalue weighted by Gasteiger charge is 2.22. The summed E-state index contributed by atoms with van der Waals surface area (Å²) in [6.07, 6.45) is 7.75. The minimum Gasteiger partial charge on any atom is -0.356 e. The third-order valence-electron chi connectivity index (χ3n) is 5.45. The Morgan fingerprint density at radius 3 is 2.92 bits per heavy atom. The zero-order valence-corrected chi connectivity index (χ0v) is 15.3. The topological polar surface area (TPSA) is 30.9 Å². The predicted octanol–water partition coefficient (Wildman–Crippen LogP) is 3.28. The third kappa shape index (κ3) is 4.10. The molecule has 0 saturated carbocycles. The molecular weight excluding hydrogens is 296 g/mol. The van der Waals surface area contributed by atoms with E-state index in [0.29, 0.717) is 0 Å². The predicted molar refractivity (Wildman–Crippen MR) is 103 cm³/mol.